The molecule has 104 valence electrons. The third-order valence-electron chi connectivity index (χ3n) is 2.94. The molecule has 6 heteroatoms. The average molecular weight is 376 g/mol. The number of alkyl halides is 1. The van der Waals surface area contributed by atoms with Crippen LogP contribution in [0.1, 0.15) is 29.8 Å². The van der Waals surface area contributed by atoms with Gasteiger partial charge in [-0.05, 0) is 25.0 Å². The van der Waals surface area contributed by atoms with Crippen molar-refractivity contribution in [2.75, 3.05) is 4.43 Å². The average Bonchev–Trinajstić information content (AvgIpc) is 2.34. The lowest BCUT2D eigenvalue weighted by Crippen LogP contribution is -2.39. The predicted octanol–water partition coefficient (Wildman–Crippen LogP) is 3.09. The lowest BCUT2D eigenvalue weighted by Gasteiger charge is -2.20. The fraction of sp³-hybridized carbons (Fsp3) is 0.462. The minimum atomic E-state index is -0.446. The number of nitro groups is 1. The summed E-state index contributed by atoms with van der Waals surface area (Å²) in [5.41, 5.74) is 0.984. The van der Waals surface area contributed by atoms with E-state index in [4.69, 9.17) is 0 Å². The van der Waals surface area contributed by atoms with E-state index in [0.29, 0.717) is 17.0 Å². The standard InChI is InChI=1S/C13H17IN2O3/c1-8(2)11(7-14)15-13(17)10-4-5-12(16(18)19)9(3)6-10/h4-6,8,11H,7H2,1-3H3,(H,15,17). The number of amides is 1. The summed E-state index contributed by atoms with van der Waals surface area (Å²) in [5.74, 6) is 0.161. The molecule has 0 aliphatic rings. The number of halogens is 1. The maximum absolute atomic E-state index is 12.1. The molecular formula is C13H17IN2O3. The maximum Gasteiger partial charge on any atom is 0.272 e. The Bertz CT molecular complexity index is 489. The summed E-state index contributed by atoms with van der Waals surface area (Å²) in [5, 5.41) is 13.7. The van der Waals surface area contributed by atoms with E-state index in [2.05, 4.69) is 27.9 Å². The van der Waals surface area contributed by atoms with Gasteiger partial charge in [0.25, 0.3) is 11.6 Å². The molecule has 0 radical (unpaired) electrons. The number of nitrogens with one attached hydrogen (secondary N) is 1. The lowest BCUT2D eigenvalue weighted by molar-refractivity contribution is -0.385. The van der Waals surface area contributed by atoms with Crippen LogP contribution in [-0.4, -0.2) is 21.3 Å². The zero-order valence-corrected chi connectivity index (χ0v) is 13.3. The topological polar surface area (TPSA) is 72.2 Å². The fourth-order valence-electron chi connectivity index (χ4n) is 1.64. The molecule has 1 atom stereocenters. The molecule has 1 aromatic rings. The van der Waals surface area contributed by atoms with Crippen LogP contribution in [0.5, 0.6) is 0 Å². The van der Waals surface area contributed by atoms with Gasteiger partial charge < -0.3 is 5.32 Å². The number of hydrogen-bond donors (Lipinski definition) is 1. The predicted molar refractivity (Wildman–Crippen MR) is 82.8 cm³/mol. The van der Waals surface area contributed by atoms with Gasteiger partial charge in [-0.1, -0.05) is 36.4 Å². The van der Waals surface area contributed by atoms with Crippen LogP contribution >= 0.6 is 22.6 Å². The number of nitrogens with zero attached hydrogens (tertiary/aromatic N) is 1. The quantitative estimate of drug-likeness (QED) is 0.372. The molecule has 19 heavy (non-hydrogen) atoms. The van der Waals surface area contributed by atoms with Crippen LogP contribution in [0.3, 0.4) is 0 Å². The van der Waals surface area contributed by atoms with Gasteiger partial charge in [0.15, 0.2) is 0 Å². The Morgan fingerprint density at radius 1 is 1.47 bits per heavy atom. The molecule has 0 aliphatic carbocycles. The molecule has 1 N–H and O–H groups in total. The van der Waals surface area contributed by atoms with Crippen LogP contribution in [0.15, 0.2) is 18.2 Å². The van der Waals surface area contributed by atoms with Gasteiger partial charge >= 0.3 is 0 Å². The van der Waals surface area contributed by atoms with Gasteiger partial charge in [0.1, 0.15) is 0 Å². The molecule has 0 saturated carbocycles. The highest BCUT2D eigenvalue weighted by molar-refractivity contribution is 14.1. The second-order valence-corrected chi connectivity index (χ2v) is 5.62. The van der Waals surface area contributed by atoms with Crippen LogP contribution in [0.25, 0.3) is 0 Å². The van der Waals surface area contributed by atoms with Crippen molar-refractivity contribution >= 4 is 34.2 Å². The number of hydrogen-bond acceptors (Lipinski definition) is 3. The highest BCUT2D eigenvalue weighted by Gasteiger charge is 2.18. The summed E-state index contributed by atoms with van der Waals surface area (Å²) < 4.78 is 0.827. The summed E-state index contributed by atoms with van der Waals surface area (Å²) >= 11 is 2.23. The SMILES string of the molecule is Cc1cc(C(=O)NC(CI)C(C)C)ccc1[N+](=O)[O-]. The van der Waals surface area contributed by atoms with Gasteiger partial charge in [0, 0.05) is 27.7 Å². The molecule has 5 nitrogen and oxygen atoms in total. The van der Waals surface area contributed by atoms with E-state index in [9.17, 15) is 14.9 Å². The molecule has 0 aliphatic heterocycles. The van der Waals surface area contributed by atoms with Gasteiger partial charge in [-0.3, -0.25) is 14.9 Å². The van der Waals surface area contributed by atoms with Crippen LogP contribution in [-0.2, 0) is 0 Å². The number of carbonyl (C=O) groups is 1. The first-order valence-electron chi connectivity index (χ1n) is 5.98. The van der Waals surface area contributed by atoms with E-state index in [1.54, 1.807) is 13.0 Å². The van der Waals surface area contributed by atoms with E-state index in [-0.39, 0.29) is 17.6 Å². The summed E-state index contributed by atoms with van der Waals surface area (Å²) in [4.78, 5) is 22.3. The van der Waals surface area contributed by atoms with Gasteiger partial charge in [-0.2, -0.15) is 0 Å². The van der Waals surface area contributed by atoms with Gasteiger partial charge in [-0.15, -0.1) is 0 Å². The Balaban J connectivity index is 2.89. The number of rotatable bonds is 5. The van der Waals surface area contributed by atoms with E-state index in [1.165, 1.54) is 12.1 Å². The van der Waals surface area contributed by atoms with Crippen molar-refractivity contribution in [2.24, 2.45) is 5.92 Å². The summed E-state index contributed by atoms with van der Waals surface area (Å²) in [6.45, 7) is 5.72. The molecule has 0 heterocycles. The van der Waals surface area contributed by atoms with Crippen LogP contribution in [0.4, 0.5) is 5.69 Å². The normalized spacial score (nSPS) is 12.3. The monoisotopic (exact) mass is 376 g/mol. The first-order valence-corrected chi connectivity index (χ1v) is 7.51. The van der Waals surface area contributed by atoms with Crippen LogP contribution in [0.2, 0.25) is 0 Å². The Morgan fingerprint density at radius 3 is 2.53 bits per heavy atom. The molecule has 1 unspecified atom stereocenters. The maximum atomic E-state index is 12.1. The fourth-order valence-corrected chi connectivity index (χ4v) is 2.87. The van der Waals surface area contributed by atoms with Crippen molar-refractivity contribution in [3.63, 3.8) is 0 Å². The highest BCUT2D eigenvalue weighted by atomic mass is 127. The molecule has 0 spiro atoms. The van der Waals surface area contributed by atoms with Gasteiger partial charge in [0.05, 0.1) is 4.92 Å². The Labute approximate surface area is 126 Å². The number of carbonyl (C=O) groups excluding carboxylic acids is 1. The number of benzene rings is 1. The zero-order valence-electron chi connectivity index (χ0n) is 11.1. The molecule has 0 fully saturated rings. The molecular weight excluding hydrogens is 359 g/mol. The first-order chi connectivity index (χ1) is 8.86. The van der Waals surface area contributed by atoms with Crippen LogP contribution < -0.4 is 5.32 Å². The largest absolute Gasteiger partial charge is 0.348 e. The van der Waals surface area contributed by atoms with E-state index in [1.807, 2.05) is 13.8 Å². The summed E-state index contributed by atoms with van der Waals surface area (Å²) in [6, 6.07) is 4.52. The third-order valence-corrected chi connectivity index (χ3v) is 3.89. The smallest absolute Gasteiger partial charge is 0.272 e. The Morgan fingerprint density at radius 2 is 2.11 bits per heavy atom. The van der Waals surface area contributed by atoms with Gasteiger partial charge in [0.2, 0.25) is 0 Å². The van der Waals surface area contributed by atoms with Crippen molar-refractivity contribution in [3.8, 4) is 0 Å². The lowest BCUT2D eigenvalue weighted by atomic mass is 10.0. The number of nitro benzene ring substituents is 1. The molecule has 0 bridgehead atoms. The Hall–Kier alpha value is -1.18. The molecule has 0 aromatic heterocycles. The van der Waals surface area contributed by atoms with Crippen molar-refractivity contribution in [1.29, 1.82) is 0 Å². The molecule has 0 saturated heterocycles. The minimum absolute atomic E-state index is 0.0332. The molecule has 1 aromatic carbocycles. The second kappa shape index (κ2) is 6.83. The molecule has 1 rings (SSSR count). The van der Waals surface area contributed by atoms with E-state index < -0.39 is 4.92 Å². The minimum Gasteiger partial charge on any atom is -0.348 e. The second-order valence-electron chi connectivity index (χ2n) is 4.74. The van der Waals surface area contributed by atoms with Crippen LogP contribution in [0, 0.1) is 23.0 Å². The van der Waals surface area contributed by atoms with E-state index in [0.717, 1.165) is 4.43 Å². The summed E-state index contributed by atoms with van der Waals surface area (Å²) in [7, 11) is 0. The molecule has 1 amide bonds. The number of aryl methyl sites for hydroxylation is 1. The first kappa shape index (κ1) is 15.9. The third kappa shape index (κ3) is 4.15. The van der Waals surface area contributed by atoms with Gasteiger partial charge in [-0.25, -0.2) is 0 Å². The van der Waals surface area contributed by atoms with Crippen molar-refractivity contribution in [2.45, 2.75) is 26.8 Å². The van der Waals surface area contributed by atoms with Crippen molar-refractivity contribution in [3.05, 3.63) is 39.4 Å². The van der Waals surface area contributed by atoms with E-state index >= 15 is 0 Å². The zero-order chi connectivity index (χ0) is 14.6. The summed E-state index contributed by atoms with van der Waals surface area (Å²) in [6.07, 6.45) is 0. The Kier molecular flexibility index (Phi) is 5.71. The highest BCUT2D eigenvalue weighted by Crippen LogP contribution is 2.19. The van der Waals surface area contributed by atoms with Crippen molar-refractivity contribution in [1.82, 2.24) is 5.32 Å². The van der Waals surface area contributed by atoms with Crippen molar-refractivity contribution < 1.29 is 9.72 Å².